The highest BCUT2D eigenvalue weighted by Gasteiger charge is 2.11. The van der Waals surface area contributed by atoms with Crippen molar-refractivity contribution in [2.75, 3.05) is 20.3 Å². The van der Waals surface area contributed by atoms with E-state index in [1.807, 2.05) is 0 Å². The number of hydrogen-bond donors (Lipinski definition) is 2. The van der Waals surface area contributed by atoms with E-state index in [-0.39, 0.29) is 0 Å². The molecule has 0 unspecified atom stereocenters. The van der Waals surface area contributed by atoms with E-state index in [0.29, 0.717) is 31.1 Å². The number of carbonyl (C=O) groups is 2. The van der Waals surface area contributed by atoms with Gasteiger partial charge in [-0.25, -0.2) is 0 Å². The molecule has 19 heavy (non-hydrogen) atoms. The van der Waals surface area contributed by atoms with Crippen molar-refractivity contribution in [2.24, 2.45) is 0 Å². The molecule has 0 aromatic heterocycles. The molecule has 104 valence electrons. The molecule has 2 amide bonds. The summed E-state index contributed by atoms with van der Waals surface area (Å²) >= 11 is 5.75. The third-order valence-corrected chi connectivity index (χ3v) is 2.64. The van der Waals surface area contributed by atoms with Crippen LogP contribution in [0.1, 0.15) is 12.0 Å². The number of nitrogens with one attached hydrogen (secondary N) is 2. The van der Waals surface area contributed by atoms with Crippen LogP contribution in [-0.2, 0) is 20.9 Å². The Balaban J connectivity index is 2.26. The lowest BCUT2D eigenvalue weighted by Crippen LogP contribution is -2.40. The molecule has 1 aromatic carbocycles. The fraction of sp³-hybridized carbons (Fsp3) is 0.385. The minimum absolute atomic E-state index is 0.293. The number of halogens is 1. The first-order chi connectivity index (χ1) is 9.13. The maximum absolute atomic E-state index is 11.5. The molecular formula is C13H17ClN2O3. The Kier molecular flexibility index (Phi) is 6.92. The Morgan fingerprint density at radius 1 is 1.16 bits per heavy atom. The summed E-state index contributed by atoms with van der Waals surface area (Å²) in [6, 6.07) is 7.04. The maximum atomic E-state index is 11.5. The average molecular weight is 285 g/mol. The normalized spacial score (nSPS) is 10.0. The summed E-state index contributed by atoms with van der Waals surface area (Å²) < 4.78 is 4.84. The Bertz CT molecular complexity index is 420. The van der Waals surface area contributed by atoms with Crippen LogP contribution in [-0.4, -0.2) is 32.1 Å². The van der Waals surface area contributed by atoms with E-state index in [1.165, 1.54) is 0 Å². The van der Waals surface area contributed by atoms with Gasteiger partial charge in [0.25, 0.3) is 0 Å². The zero-order valence-corrected chi connectivity index (χ0v) is 11.5. The molecule has 2 N–H and O–H groups in total. The smallest absolute Gasteiger partial charge is 0.309 e. The first-order valence-electron chi connectivity index (χ1n) is 5.93. The molecule has 0 radical (unpaired) electrons. The van der Waals surface area contributed by atoms with Gasteiger partial charge in [-0.05, 0) is 24.1 Å². The monoisotopic (exact) mass is 284 g/mol. The predicted octanol–water partition coefficient (Wildman–Crippen LogP) is 1.11. The Morgan fingerprint density at radius 3 is 2.42 bits per heavy atom. The minimum Gasteiger partial charge on any atom is -0.385 e. The van der Waals surface area contributed by atoms with Crippen LogP contribution in [0.2, 0.25) is 5.02 Å². The zero-order chi connectivity index (χ0) is 14.1. The van der Waals surface area contributed by atoms with Crippen molar-refractivity contribution >= 4 is 23.4 Å². The summed E-state index contributed by atoms with van der Waals surface area (Å²) in [5.41, 5.74) is 0.880. The van der Waals surface area contributed by atoms with Gasteiger partial charge in [-0.15, -0.1) is 0 Å². The van der Waals surface area contributed by atoms with Crippen molar-refractivity contribution in [2.45, 2.75) is 13.0 Å². The van der Waals surface area contributed by atoms with Gasteiger partial charge in [-0.2, -0.15) is 0 Å². The number of hydrogen-bond acceptors (Lipinski definition) is 3. The zero-order valence-electron chi connectivity index (χ0n) is 10.7. The van der Waals surface area contributed by atoms with Gasteiger partial charge in [0.2, 0.25) is 0 Å². The van der Waals surface area contributed by atoms with Crippen LogP contribution in [0.4, 0.5) is 0 Å². The summed E-state index contributed by atoms with van der Waals surface area (Å²) in [5, 5.41) is 5.67. The highest BCUT2D eigenvalue weighted by molar-refractivity contribution is 6.35. The van der Waals surface area contributed by atoms with E-state index >= 15 is 0 Å². The van der Waals surface area contributed by atoms with Gasteiger partial charge >= 0.3 is 11.8 Å². The molecule has 1 rings (SSSR count). The van der Waals surface area contributed by atoms with Crippen LogP contribution in [0.3, 0.4) is 0 Å². The first-order valence-corrected chi connectivity index (χ1v) is 6.30. The van der Waals surface area contributed by atoms with E-state index in [2.05, 4.69) is 10.6 Å². The summed E-state index contributed by atoms with van der Waals surface area (Å²) in [7, 11) is 1.58. The predicted molar refractivity (Wildman–Crippen MR) is 72.8 cm³/mol. The number of benzene rings is 1. The van der Waals surface area contributed by atoms with Crippen LogP contribution >= 0.6 is 11.6 Å². The second-order valence-electron chi connectivity index (χ2n) is 3.91. The SMILES string of the molecule is COCCCNC(=O)C(=O)NCc1ccc(Cl)cc1. The Morgan fingerprint density at radius 2 is 1.79 bits per heavy atom. The van der Waals surface area contributed by atoms with Gasteiger partial charge < -0.3 is 15.4 Å². The lowest BCUT2D eigenvalue weighted by molar-refractivity contribution is -0.139. The van der Waals surface area contributed by atoms with Gasteiger partial charge in [0.05, 0.1) is 0 Å². The third kappa shape index (κ3) is 6.22. The largest absolute Gasteiger partial charge is 0.385 e. The molecule has 0 fully saturated rings. The summed E-state index contributed by atoms with van der Waals surface area (Å²) in [4.78, 5) is 22.9. The minimum atomic E-state index is -0.646. The lowest BCUT2D eigenvalue weighted by Gasteiger charge is -2.06. The van der Waals surface area contributed by atoms with E-state index in [1.54, 1.807) is 31.4 Å². The van der Waals surface area contributed by atoms with Gasteiger partial charge in [-0.3, -0.25) is 9.59 Å². The number of carbonyl (C=O) groups excluding carboxylic acids is 2. The molecule has 0 saturated carbocycles. The highest BCUT2D eigenvalue weighted by atomic mass is 35.5. The highest BCUT2D eigenvalue weighted by Crippen LogP contribution is 2.08. The van der Waals surface area contributed by atoms with Crippen molar-refractivity contribution in [3.63, 3.8) is 0 Å². The fourth-order valence-corrected chi connectivity index (χ4v) is 1.49. The van der Waals surface area contributed by atoms with Crippen molar-refractivity contribution < 1.29 is 14.3 Å². The van der Waals surface area contributed by atoms with E-state index < -0.39 is 11.8 Å². The molecule has 1 aromatic rings. The van der Waals surface area contributed by atoms with Crippen molar-refractivity contribution in [1.29, 1.82) is 0 Å². The molecule has 6 heteroatoms. The molecule has 0 spiro atoms. The van der Waals surface area contributed by atoms with Crippen LogP contribution in [0.5, 0.6) is 0 Å². The fourth-order valence-electron chi connectivity index (χ4n) is 1.36. The van der Waals surface area contributed by atoms with Gasteiger partial charge in [0, 0.05) is 31.8 Å². The lowest BCUT2D eigenvalue weighted by atomic mass is 10.2. The van der Waals surface area contributed by atoms with Gasteiger partial charge in [0.15, 0.2) is 0 Å². The number of ether oxygens (including phenoxy) is 1. The number of amides is 2. The summed E-state index contributed by atoms with van der Waals surface area (Å²) in [6.45, 7) is 1.26. The molecule has 5 nitrogen and oxygen atoms in total. The maximum Gasteiger partial charge on any atom is 0.309 e. The molecule has 0 aliphatic heterocycles. The molecule has 0 saturated heterocycles. The van der Waals surface area contributed by atoms with Gasteiger partial charge in [0.1, 0.15) is 0 Å². The quantitative estimate of drug-likeness (QED) is 0.607. The number of rotatable bonds is 6. The van der Waals surface area contributed by atoms with E-state index in [4.69, 9.17) is 16.3 Å². The topological polar surface area (TPSA) is 67.4 Å². The number of methoxy groups -OCH3 is 1. The van der Waals surface area contributed by atoms with Crippen LogP contribution in [0.15, 0.2) is 24.3 Å². The molecule has 0 atom stereocenters. The van der Waals surface area contributed by atoms with E-state index in [9.17, 15) is 9.59 Å². The second-order valence-corrected chi connectivity index (χ2v) is 4.35. The summed E-state index contributed by atoms with van der Waals surface area (Å²) in [5.74, 6) is -1.28. The Labute approximate surface area is 117 Å². The van der Waals surface area contributed by atoms with Gasteiger partial charge in [-0.1, -0.05) is 23.7 Å². The standard InChI is InChI=1S/C13H17ClN2O3/c1-19-8-2-7-15-12(17)13(18)16-9-10-3-5-11(14)6-4-10/h3-6H,2,7-9H2,1H3,(H,15,17)(H,16,18). The van der Waals surface area contributed by atoms with Crippen LogP contribution < -0.4 is 10.6 Å². The molecule has 0 heterocycles. The Hall–Kier alpha value is -1.59. The van der Waals surface area contributed by atoms with Crippen LogP contribution in [0.25, 0.3) is 0 Å². The average Bonchev–Trinajstić information content (AvgIpc) is 2.42. The molecule has 0 aliphatic rings. The van der Waals surface area contributed by atoms with Crippen molar-refractivity contribution in [1.82, 2.24) is 10.6 Å². The van der Waals surface area contributed by atoms with Crippen molar-refractivity contribution in [3.05, 3.63) is 34.9 Å². The van der Waals surface area contributed by atoms with Crippen molar-refractivity contribution in [3.8, 4) is 0 Å². The molecular weight excluding hydrogens is 268 g/mol. The molecule has 0 aliphatic carbocycles. The van der Waals surface area contributed by atoms with E-state index in [0.717, 1.165) is 5.56 Å². The first kappa shape index (κ1) is 15.5. The second kappa shape index (κ2) is 8.50. The molecule has 0 bridgehead atoms. The van der Waals surface area contributed by atoms with Crippen LogP contribution in [0, 0.1) is 0 Å². The summed E-state index contributed by atoms with van der Waals surface area (Å²) in [6.07, 6.45) is 0.673. The third-order valence-electron chi connectivity index (χ3n) is 2.38.